The molecule has 210 valence electrons. The van der Waals surface area contributed by atoms with Gasteiger partial charge in [0.15, 0.2) is 17.0 Å². The summed E-state index contributed by atoms with van der Waals surface area (Å²) >= 11 is 0. The first-order valence-electron chi connectivity index (χ1n) is 12.6. The van der Waals surface area contributed by atoms with E-state index in [0.29, 0.717) is 41.9 Å². The van der Waals surface area contributed by atoms with E-state index in [1.807, 2.05) is 6.07 Å². The maximum absolute atomic E-state index is 12.8. The van der Waals surface area contributed by atoms with Gasteiger partial charge in [0.1, 0.15) is 6.04 Å². The second kappa shape index (κ2) is 12.2. The Labute approximate surface area is 228 Å². The SMILES string of the molecule is Nc1nc(N)c2nc(CN3CCc4cc(C(=O)N[C@@H](CCCNC(=O)CCC(=O)O)C(=O)O)ccc43)cnc2n1. The van der Waals surface area contributed by atoms with Crippen molar-refractivity contribution in [3.63, 3.8) is 0 Å². The van der Waals surface area contributed by atoms with Gasteiger partial charge in [0.25, 0.3) is 5.91 Å². The molecule has 3 aromatic rings. The highest BCUT2D eigenvalue weighted by atomic mass is 16.4. The molecule has 2 aromatic heterocycles. The monoisotopic (exact) mass is 551 g/mol. The number of aliphatic carboxylic acids is 2. The number of rotatable bonds is 12. The first kappa shape index (κ1) is 27.9. The zero-order valence-corrected chi connectivity index (χ0v) is 21.5. The second-order valence-corrected chi connectivity index (χ2v) is 9.27. The number of benzene rings is 1. The van der Waals surface area contributed by atoms with Crippen molar-refractivity contribution in [3.8, 4) is 0 Å². The summed E-state index contributed by atoms with van der Waals surface area (Å²) in [5, 5.41) is 23.2. The summed E-state index contributed by atoms with van der Waals surface area (Å²) in [5.41, 5.74) is 15.1. The minimum atomic E-state index is -1.19. The van der Waals surface area contributed by atoms with Gasteiger partial charge in [-0.25, -0.2) is 14.8 Å². The van der Waals surface area contributed by atoms with E-state index in [1.165, 1.54) is 0 Å². The zero-order valence-electron chi connectivity index (χ0n) is 21.5. The highest BCUT2D eigenvalue weighted by molar-refractivity contribution is 5.97. The van der Waals surface area contributed by atoms with E-state index in [4.69, 9.17) is 16.6 Å². The number of aromatic nitrogens is 4. The molecule has 0 radical (unpaired) electrons. The molecule has 1 aliphatic heterocycles. The molecule has 15 heteroatoms. The number of carbonyl (C=O) groups excluding carboxylic acids is 2. The number of anilines is 3. The van der Waals surface area contributed by atoms with E-state index >= 15 is 0 Å². The molecule has 0 saturated carbocycles. The Hall–Kier alpha value is -5.08. The molecule has 15 nitrogen and oxygen atoms in total. The number of amides is 2. The van der Waals surface area contributed by atoms with Crippen LogP contribution in [0, 0.1) is 0 Å². The van der Waals surface area contributed by atoms with E-state index in [-0.39, 0.29) is 44.0 Å². The van der Waals surface area contributed by atoms with Gasteiger partial charge in [-0.15, -0.1) is 0 Å². The molecule has 0 bridgehead atoms. The van der Waals surface area contributed by atoms with Gasteiger partial charge in [-0.1, -0.05) is 0 Å². The van der Waals surface area contributed by atoms with Crippen molar-refractivity contribution in [2.75, 3.05) is 29.5 Å². The normalized spacial score (nSPS) is 13.1. The van der Waals surface area contributed by atoms with Crippen molar-refractivity contribution in [2.24, 2.45) is 0 Å². The lowest BCUT2D eigenvalue weighted by atomic mass is 10.1. The van der Waals surface area contributed by atoms with E-state index in [0.717, 1.165) is 11.3 Å². The quantitative estimate of drug-likeness (QED) is 0.164. The molecule has 40 heavy (non-hydrogen) atoms. The average Bonchev–Trinajstić information content (AvgIpc) is 3.31. The molecule has 1 atom stereocenters. The third-order valence-electron chi connectivity index (χ3n) is 6.35. The zero-order chi connectivity index (χ0) is 28.8. The summed E-state index contributed by atoms with van der Waals surface area (Å²) in [6.45, 7) is 1.30. The van der Waals surface area contributed by atoms with Gasteiger partial charge in [-0.05, 0) is 43.0 Å². The van der Waals surface area contributed by atoms with Crippen molar-refractivity contribution in [3.05, 3.63) is 41.2 Å². The molecular weight excluding hydrogens is 522 g/mol. The summed E-state index contributed by atoms with van der Waals surface area (Å²) in [5.74, 6) is -3.04. The number of carbonyl (C=O) groups is 4. The highest BCUT2D eigenvalue weighted by Crippen LogP contribution is 2.30. The fourth-order valence-corrected chi connectivity index (χ4v) is 4.37. The number of hydrogen-bond acceptors (Lipinski definition) is 11. The number of hydrogen-bond donors (Lipinski definition) is 6. The van der Waals surface area contributed by atoms with Crippen molar-refractivity contribution < 1.29 is 29.4 Å². The highest BCUT2D eigenvalue weighted by Gasteiger charge is 2.24. The average molecular weight is 552 g/mol. The summed E-state index contributed by atoms with van der Waals surface area (Å²) in [6, 6.07) is 4.04. The van der Waals surface area contributed by atoms with Crippen LogP contribution in [0.25, 0.3) is 11.2 Å². The van der Waals surface area contributed by atoms with Gasteiger partial charge < -0.3 is 37.2 Å². The van der Waals surface area contributed by atoms with Gasteiger partial charge in [0.2, 0.25) is 11.9 Å². The molecule has 1 aliphatic rings. The van der Waals surface area contributed by atoms with Crippen LogP contribution in [-0.2, 0) is 27.3 Å². The third-order valence-corrected chi connectivity index (χ3v) is 6.35. The number of carboxylic acids is 2. The minimum absolute atomic E-state index is 0.0218. The Morgan fingerprint density at radius 3 is 2.62 bits per heavy atom. The lowest BCUT2D eigenvalue weighted by molar-refractivity contribution is -0.140. The smallest absolute Gasteiger partial charge is 0.326 e. The molecule has 0 aliphatic carbocycles. The Kier molecular flexibility index (Phi) is 8.51. The summed E-state index contributed by atoms with van der Waals surface area (Å²) < 4.78 is 0. The molecular formula is C25H29N9O6. The van der Waals surface area contributed by atoms with E-state index in [9.17, 15) is 24.3 Å². The molecule has 2 amide bonds. The maximum Gasteiger partial charge on any atom is 0.326 e. The molecule has 0 saturated heterocycles. The Morgan fingerprint density at radius 1 is 1.07 bits per heavy atom. The number of nitrogens with two attached hydrogens (primary N) is 2. The van der Waals surface area contributed by atoms with Crippen LogP contribution in [0.2, 0.25) is 0 Å². The first-order chi connectivity index (χ1) is 19.1. The predicted molar refractivity (Wildman–Crippen MR) is 143 cm³/mol. The molecule has 3 heterocycles. The number of nitrogen functional groups attached to an aromatic ring is 2. The molecule has 0 fully saturated rings. The Bertz CT molecular complexity index is 1460. The summed E-state index contributed by atoms with van der Waals surface area (Å²) in [6.07, 6.45) is 2.23. The fraction of sp³-hybridized carbons (Fsp3) is 0.360. The number of nitrogens with zero attached hydrogens (tertiary/aromatic N) is 5. The predicted octanol–water partition coefficient (Wildman–Crippen LogP) is 0.0911. The van der Waals surface area contributed by atoms with Crippen LogP contribution < -0.4 is 27.0 Å². The van der Waals surface area contributed by atoms with Crippen LogP contribution in [-0.4, -0.2) is 73.0 Å². The van der Waals surface area contributed by atoms with Crippen molar-refractivity contribution in [1.82, 2.24) is 30.6 Å². The van der Waals surface area contributed by atoms with Crippen molar-refractivity contribution in [2.45, 2.75) is 44.7 Å². The first-order valence-corrected chi connectivity index (χ1v) is 12.6. The lowest BCUT2D eigenvalue weighted by Gasteiger charge is -2.19. The minimum Gasteiger partial charge on any atom is -0.481 e. The van der Waals surface area contributed by atoms with E-state index in [2.05, 4.69) is 35.5 Å². The second-order valence-electron chi connectivity index (χ2n) is 9.27. The summed E-state index contributed by atoms with van der Waals surface area (Å²) in [7, 11) is 0. The number of carboxylic acid groups (broad SMARTS) is 2. The van der Waals surface area contributed by atoms with Crippen LogP contribution in [0.15, 0.2) is 24.4 Å². The fourth-order valence-electron chi connectivity index (χ4n) is 4.37. The van der Waals surface area contributed by atoms with Crippen LogP contribution in [0.1, 0.15) is 47.3 Å². The Balaban J connectivity index is 1.34. The van der Waals surface area contributed by atoms with Crippen LogP contribution in [0.4, 0.5) is 17.5 Å². The van der Waals surface area contributed by atoms with Gasteiger partial charge >= 0.3 is 11.9 Å². The van der Waals surface area contributed by atoms with Gasteiger partial charge in [0.05, 0.1) is 24.9 Å². The van der Waals surface area contributed by atoms with Crippen molar-refractivity contribution in [1.29, 1.82) is 0 Å². The molecule has 0 unspecified atom stereocenters. The molecule has 0 spiro atoms. The Morgan fingerprint density at radius 2 is 1.88 bits per heavy atom. The van der Waals surface area contributed by atoms with Gasteiger partial charge in [-0.2, -0.15) is 9.97 Å². The maximum atomic E-state index is 12.8. The van der Waals surface area contributed by atoms with Crippen LogP contribution in [0.3, 0.4) is 0 Å². The largest absolute Gasteiger partial charge is 0.481 e. The third kappa shape index (κ3) is 6.86. The van der Waals surface area contributed by atoms with Crippen LogP contribution >= 0.6 is 0 Å². The molecule has 1 aromatic carbocycles. The van der Waals surface area contributed by atoms with Crippen molar-refractivity contribution >= 4 is 52.4 Å². The van der Waals surface area contributed by atoms with Crippen LogP contribution in [0.5, 0.6) is 0 Å². The number of fused-ring (bicyclic) bond motifs is 2. The standard InChI is InChI=1S/C25H29N9O6/c26-21-20-22(33-25(27)32-21)29-11-15(30-20)12-34-9-7-13-10-14(3-4-17(13)34)23(38)31-16(24(39)40)2-1-8-28-18(35)5-6-19(36)37/h3-4,10-11,16H,1-2,5-9,12H2,(H,28,35)(H,31,38)(H,36,37)(H,39,40)(H4,26,27,29,32,33)/t16-/m0/s1. The van der Waals surface area contributed by atoms with Gasteiger partial charge in [0, 0.05) is 30.8 Å². The molecule has 4 rings (SSSR count). The molecule has 8 N–H and O–H groups in total. The van der Waals surface area contributed by atoms with E-state index < -0.39 is 29.8 Å². The lowest BCUT2D eigenvalue weighted by Crippen LogP contribution is -2.41. The topological polar surface area (TPSA) is 240 Å². The number of nitrogens with one attached hydrogen (secondary N) is 2. The van der Waals surface area contributed by atoms with E-state index in [1.54, 1.807) is 18.3 Å². The summed E-state index contributed by atoms with van der Waals surface area (Å²) in [4.78, 5) is 65.5. The van der Waals surface area contributed by atoms with Gasteiger partial charge in [-0.3, -0.25) is 14.4 Å².